The van der Waals surface area contributed by atoms with Crippen LogP contribution in [0.1, 0.15) is 5.69 Å². The molecule has 5 heteroatoms. The number of benzene rings is 1. The SMILES string of the molecule is Cn1c(CN)cc(=O)n2nc(-c3ccccc3)cc12. The van der Waals surface area contributed by atoms with Crippen LogP contribution in [0.4, 0.5) is 0 Å². The average molecular weight is 254 g/mol. The fourth-order valence-corrected chi connectivity index (χ4v) is 2.17. The van der Waals surface area contributed by atoms with Crippen LogP contribution in [0.3, 0.4) is 0 Å². The molecule has 0 saturated heterocycles. The van der Waals surface area contributed by atoms with Gasteiger partial charge in [-0.05, 0) is 0 Å². The molecule has 0 atom stereocenters. The lowest BCUT2D eigenvalue weighted by Gasteiger charge is -2.07. The zero-order valence-electron chi connectivity index (χ0n) is 10.6. The van der Waals surface area contributed by atoms with E-state index < -0.39 is 0 Å². The first-order valence-electron chi connectivity index (χ1n) is 6.05. The van der Waals surface area contributed by atoms with Crippen LogP contribution in [0.2, 0.25) is 0 Å². The maximum Gasteiger partial charge on any atom is 0.274 e. The van der Waals surface area contributed by atoms with Gasteiger partial charge in [-0.2, -0.15) is 9.61 Å². The van der Waals surface area contributed by atoms with Crippen LogP contribution in [-0.2, 0) is 13.6 Å². The van der Waals surface area contributed by atoms with Crippen molar-refractivity contribution in [3.05, 3.63) is 58.5 Å². The van der Waals surface area contributed by atoms with Crippen LogP contribution in [-0.4, -0.2) is 14.2 Å². The van der Waals surface area contributed by atoms with Gasteiger partial charge in [-0.25, -0.2) is 0 Å². The summed E-state index contributed by atoms with van der Waals surface area (Å²) in [5.74, 6) is 0. The van der Waals surface area contributed by atoms with Crippen LogP contribution < -0.4 is 11.3 Å². The molecule has 0 spiro atoms. The minimum atomic E-state index is -0.157. The summed E-state index contributed by atoms with van der Waals surface area (Å²) in [6, 6.07) is 13.2. The molecule has 2 aromatic heterocycles. The molecule has 96 valence electrons. The van der Waals surface area contributed by atoms with E-state index in [9.17, 15) is 4.79 Å². The molecule has 3 rings (SSSR count). The van der Waals surface area contributed by atoms with Gasteiger partial charge in [0.15, 0.2) is 0 Å². The van der Waals surface area contributed by atoms with Crippen LogP contribution in [0.5, 0.6) is 0 Å². The predicted octanol–water partition coefficient (Wildman–Crippen LogP) is 1.16. The van der Waals surface area contributed by atoms with E-state index in [2.05, 4.69) is 5.10 Å². The standard InChI is InChI=1S/C14H14N4O/c1-17-11(9-15)7-14(19)18-13(17)8-12(16-18)10-5-3-2-4-6-10/h2-8H,9,15H2,1H3. The molecule has 2 N–H and O–H groups in total. The molecule has 1 aromatic carbocycles. The number of rotatable bonds is 2. The van der Waals surface area contributed by atoms with E-state index in [-0.39, 0.29) is 5.56 Å². The quantitative estimate of drug-likeness (QED) is 0.746. The van der Waals surface area contributed by atoms with E-state index >= 15 is 0 Å². The van der Waals surface area contributed by atoms with Crippen molar-refractivity contribution in [3.8, 4) is 11.3 Å². The van der Waals surface area contributed by atoms with E-state index in [4.69, 9.17) is 5.73 Å². The van der Waals surface area contributed by atoms with Gasteiger partial charge in [-0.15, -0.1) is 0 Å². The second kappa shape index (κ2) is 4.37. The van der Waals surface area contributed by atoms with Crippen molar-refractivity contribution in [2.75, 3.05) is 0 Å². The largest absolute Gasteiger partial charge is 0.331 e. The van der Waals surface area contributed by atoms with E-state index in [1.54, 1.807) is 0 Å². The van der Waals surface area contributed by atoms with Crippen molar-refractivity contribution in [1.82, 2.24) is 14.2 Å². The van der Waals surface area contributed by atoms with Crippen molar-refractivity contribution >= 4 is 5.65 Å². The Balaban J connectivity index is 2.30. The molecule has 0 bridgehead atoms. The molecule has 0 aliphatic heterocycles. The molecule has 0 unspecified atom stereocenters. The summed E-state index contributed by atoms with van der Waals surface area (Å²) in [4.78, 5) is 12.0. The topological polar surface area (TPSA) is 65.3 Å². The number of hydrogen-bond donors (Lipinski definition) is 1. The first-order valence-corrected chi connectivity index (χ1v) is 6.05. The third-order valence-corrected chi connectivity index (χ3v) is 3.24. The average Bonchev–Trinajstić information content (AvgIpc) is 2.90. The Morgan fingerprint density at radius 3 is 2.63 bits per heavy atom. The summed E-state index contributed by atoms with van der Waals surface area (Å²) in [7, 11) is 1.88. The predicted molar refractivity (Wildman–Crippen MR) is 73.8 cm³/mol. The molecular formula is C14H14N4O. The molecule has 0 aliphatic rings. The number of aromatic nitrogens is 3. The van der Waals surface area contributed by atoms with Gasteiger partial charge in [0, 0.05) is 37.0 Å². The van der Waals surface area contributed by atoms with Crippen LogP contribution in [0.25, 0.3) is 16.9 Å². The first-order chi connectivity index (χ1) is 9.20. The summed E-state index contributed by atoms with van der Waals surface area (Å²) in [5, 5.41) is 4.36. The molecule has 19 heavy (non-hydrogen) atoms. The zero-order valence-corrected chi connectivity index (χ0v) is 10.6. The summed E-state index contributed by atoms with van der Waals surface area (Å²) in [6.07, 6.45) is 0. The number of nitrogens with zero attached hydrogens (tertiary/aromatic N) is 3. The number of fused-ring (bicyclic) bond motifs is 1. The zero-order chi connectivity index (χ0) is 13.4. The summed E-state index contributed by atoms with van der Waals surface area (Å²) in [5.41, 5.74) is 8.78. The monoisotopic (exact) mass is 254 g/mol. The lowest BCUT2D eigenvalue weighted by molar-refractivity contribution is 0.766. The smallest absolute Gasteiger partial charge is 0.274 e. The van der Waals surface area contributed by atoms with Crippen molar-refractivity contribution in [2.45, 2.75) is 6.54 Å². The third kappa shape index (κ3) is 1.84. The van der Waals surface area contributed by atoms with Gasteiger partial charge in [0.2, 0.25) is 0 Å². The Morgan fingerprint density at radius 1 is 1.21 bits per heavy atom. The van der Waals surface area contributed by atoms with Crippen molar-refractivity contribution in [2.24, 2.45) is 12.8 Å². The fraction of sp³-hybridized carbons (Fsp3) is 0.143. The van der Waals surface area contributed by atoms with E-state index in [0.717, 1.165) is 22.6 Å². The van der Waals surface area contributed by atoms with E-state index in [1.165, 1.54) is 10.6 Å². The Kier molecular flexibility index (Phi) is 2.68. The highest BCUT2D eigenvalue weighted by Gasteiger charge is 2.10. The van der Waals surface area contributed by atoms with Crippen molar-refractivity contribution < 1.29 is 0 Å². The molecule has 0 aliphatic carbocycles. The van der Waals surface area contributed by atoms with Crippen molar-refractivity contribution in [3.63, 3.8) is 0 Å². The Morgan fingerprint density at radius 2 is 1.95 bits per heavy atom. The van der Waals surface area contributed by atoms with Crippen LogP contribution >= 0.6 is 0 Å². The molecule has 5 nitrogen and oxygen atoms in total. The maximum absolute atomic E-state index is 12.0. The van der Waals surface area contributed by atoms with Gasteiger partial charge in [0.25, 0.3) is 5.56 Å². The second-order valence-corrected chi connectivity index (χ2v) is 4.40. The molecule has 0 amide bonds. The lowest BCUT2D eigenvalue weighted by Crippen LogP contribution is -2.21. The lowest BCUT2D eigenvalue weighted by atomic mass is 10.2. The Hall–Kier alpha value is -2.40. The normalized spacial score (nSPS) is 11.1. The van der Waals surface area contributed by atoms with Gasteiger partial charge in [-0.3, -0.25) is 4.79 Å². The molecule has 2 heterocycles. The Labute approximate surface area is 109 Å². The van der Waals surface area contributed by atoms with Gasteiger partial charge in [-0.1, -0.05) is 30.3 Å². The summed E-state index contributed by atoms with van der Waals surface area (Å²) >= 11 is 0. The molecule has 3 aromatic rings. The molecular weight excluding hydrogens is 240 g/mol. The highest BCUT2D eigenvalue weighted by atomic mass is 16.1. The highest BCUT2D eigenvalue weighted by Crippen LogP contribution is 2.18. The van der Waals surface area contributed by atoms with E-state index in [0.29, 0.717) is 6.54 Å². The minimum absolute atomic E-state index is 0.157. The fourth-order valence-electron chi connectivity index (χ4n) is 2.17. The number of aryl methyl sites for hydroxylation is 1. The minimum Gasteiger partial charge on any atom is -0.331 e. The van der Waals surface area contributed by atoms with Gasteiger partial charge >= 0.3 is 0 Å². The second-order valence-electron chi connectivity index (χ2n) is 4.40. The molecule has 0 radical (unpaired) electrons. The third-order valence-electron chi connectivity index (χ3n) is 3.24. The molecule has 0 saturated carbocycles. The number of nitrogens with two attached hydrogens (primary N) is 1. The van der Waals surface area contributed by atoms with Crippen molar-refractivity contribution in [1.29, 1.82) is 0 Å². The molecule has 0 fully saturated rings. The highest BCUT2D eigenvalue weighted by molar-refractivity contribution is 5.64. The number of hydrogen-bond acceptors (Lipinski definition) is 3. The van der Waals surface area contributed by atoms with E-state index in [1.807, 2.05) is 48.0 Å². The van der Waals surface area contributed by atoms with Gasteiger partial charge in [0.1, 0.15) is 5.65 Å². The van der Waals surface area contributed by atoms with Crippen LogP contribution in [0.15, 0.2) is 47.3 Å². The van der Waals surface area contributed by atoms with Gasteiger partial charge in [0.05, 0.1) is 5.69 Å². The maximum atomic E-state index is 12.0. The Bertz CT molecular complexity index is 786. The van der Waals surface area contributed by atoms with Gasteiger partial charge < -0.3 is 10.3 Å². The summed E-state index contributed by atoms with van der Waals surface area (Å²) in [6.45, 7) is 0.327. The summed E-state index contributed by atoms with van der Waals surface area (Å²) < 4.78 is 3.29. The first kappa shape index (κ1) is 11.7. The van der Waals surface area contributed by atoms with Crippen LogP contribution in [0, 0.1) is 0 Å².